The molecule has 2 N–H and O–H groups in total. The number of hydrogen-bond acceptors (Lipinski definition) is 5. The Hall–Kier alpha value is -3.23. The molecular formula is C22H28N6O3. The van der Waals surface area contributed by atoms with Crippen molar-refractivity contribution < 1.29 is 14.4 Å². The van der Waals surface area contributed by atoms with Gasteiger partial charge in [-0.05, 0) is 25.0 Å². The summed E-state index contributed by atoms with van der Waals surface area (Å²) in [6.45, 7) is 6.17. The summed E-state index contributed by atoms with van der Waals surface area (Å²) in [6.07, 6.45) is 4.85. The summed E-state index contributed by atoms with van der Waals surface area (Å²) >= 11 is 0. The first kappa shape index (κ1) is 21.0. The predicted molar refractivity (Wildman–Crippen MR) is 115 cm³/mol. The van der Waals surface area contributed by atoms with Gasteiger partial charge in [0.05, 0.1) is 5.69 Å². The average Bonchev–Trinajstić information content (AvgIpc) is 3.41. The molecule has 9 nitrogen and oxygen atoms in total. The van der Waals surface area contributed by atoms with Gasteiger partial charge in [0.15, 0.2) is 5.82 Å². The number of rotatable bonds is 5. The van der Waals surface area contributed by atoms with E-state index >= 15 is 0 Å². The van der Waals surface area contributed by atoms with Crippen LogP contribution in [0.3, 0.4) is 0 Å². The second-order valence-corrected chi connectivity index (χ2v) is 9.24. The van der Waals surface area contributed by atoms with Crippen molar-refractivity contribution >= 4 is 23.7 Å². The number of imide groups is 1. The smallest absolute Gasteiger partial charge is 0.323 e. The number of amides is 4. The lowest BCUT2D eigenvalue weighted by Crippen LogP contribution is -2.44. The van der Waals surface area contributed by atoms with Crippen LogP contribution in [0.1, 0.15) is 58.6 Å². The SMILES string of the molecule is CC(C)(C)c1cc(NC(=O)CCN2C(=O)NC3(CCCC3)C2=O)n(-c2ccccn2)n1. The number of carbonyl (C=O) groups is 3. The van der Waals surface area contributed by atoms with Crippen LogP contribution in [0, 0.1) is 0 Å². The Bertz CT molecular complexity index is 1000. The monoisotopic (exact) mass is 424 g/mol. The molecule has 1 aliphatic carbocycles. The van der Waals surface area contributed by atoms with Crippen LogP contribution < -0.4 is 10.6 Å². The van der Waals surface area contributed by atoms with Crippen LogP contribution in [0.15, 0.2) is 30.5 Å². The van der Waals surface area contributed by atoms with Gasteiger partial charge in [-0.15, -0.1) is 0 Å². The number of nitrogens with one attached hydrogen (secondary N) is 2. The zero-order valence-corrected chi connectivity index (χ0v) is 18.1. The highest BCUT2D eigenvalue weighted by Gasteiger charge is 2.52. The van der Waals surface area contributed by atoms with Gasteiger partial charge in [-0.2, -0.15) is 9.78 Å². The topological polar surface area (TPSA) is 109 Å². The van der Waals surface area contributed by atoms with Gasteiger partial charge in [-0.1, -0.05) is 39.7 Å². The van der Waals surface area contributed by atoms with E-state index in [1.165, 1.54) is 4.90 Å². The van der Waals surface area contributed by atoms with E-state index in [1.54, 1.807) is 10.9 Å². The Morgan fingerprint density at radius 1 is 1.23 bits per heavy atom. The zero-order valence-electron chi connectivity index (χ0n) is 18.1. The maximum absolute atomic E-state index is 12.8. The molecule has 0 atom stereocenters. The standard InChI is InChI=1S/C22H28N6O3/c1-21(2,3)15-14-17(28(26-15)16-8-4-7-12-23-16)24-18(29)9-13-27-19(30)22(25-20(27)31)10-5-6-11-22/h4,7-8,12,14H,5-6,9-11,13H2,1-3H3,(H,24,29)(H,25,31). The summed E-state index contributed by atoms with van der Waals surface area (Å²) in [7, 11) is 0. The van der Waals surface area contributed by atoms with Gasteiger partial charge >= 0.3 is 6.03 Å². The Kier molecular flexibility index (Phi) is 5.28. The van der Waals surface area contributed by atoms with E-state index in [9.17, 15) is 14.4 Å². The van der Waals surface area contributed by atoms with Crippen LogP contribution in [-0.4, -0.2) is 49.6 Å². The first-order chi connectivity index (χ1) is 14.7. The van der Waals surface area contributed by atoms with Crippen LogP contribution >= 0.6 is 0 Å². The number of nitrogens with zero attached hydrogens (tertiary/aromatic N) is 4. The second-order valence-electron chi connectivity index (χ2n) is 9.24. The van der Waals surface area contributed by atoms with Crippen molar-refractivity contribution in [1.82, 2.24) is 25.0 Å². The van der Waals surface area contributed by atoms with E-state index in [2.05, 4.69) is 20.7 Å². The van der Waals surface area contributed by atoms with Gasteiger partial charge < -0.3 is 10.6 Å². The molecule has 3 heterocycles. The number of urea groups is 1. The number of hydrogen-bond donors (Lipinski definition) is 2. The molecule has 0 aromatic carbocycles. The lowest BCUT2D eigenvalue weighted by molar-refractivity contribution is -0.131. The lowest BCUT2D eigenvalue weighted by Gasteiger charge is -2.19. The third-order valence-corrected chi connectivity index (χ3v) is 5.88. The van der Waals surface area contributed by atoms with Crippen LogP contribution in [-0.2, 0) is 15.0 Å². The number of pyridine rings is 1. The number of carbonyl (C=O) groups excluding carboxylic acids is 3. The van der Waals surface area contributed by atoms with Gasteiger partial charge in [0.2, 0.25) is 5.91 Å². The van der Waals surface area contributed by atoms with Gasteiger partial charge in [0.25, 0.3) is 5.91 Å². The minimum Gasteiger partial charge on any atom is -0.323 e. The fourth-order valence-corrected chi connectivity index (χ4v) is 4.11. The Balaban J connectivity index is 1.47. The largest absolute Gasteiger partial charge is 0.325 e. The Labute approximate surface area is 181 Å². The van der Waals surface area contributed by atoms with E-state index in [4.69, 9.17) is 0 Å². The second kappa shape index (κ2) is 7.79. The highest BCUT2D eigenvalue weighted by atomic mass is 16.2. The summed E-state index contributed by atoms with van der Waals surface area (Å²) in [5.41, 5.74) is -0.159. The molecule has 2 aromatic rings. The van der Waals surface area contributed by atoms with Gasteiger partial charge in [0, 0.05) is 30.6 Å². The third kappa shape index (κ3) is 4.04. The molecule has 0 radical (unpaired) electrons. The number of anilines is 1. The Morgan fingerprint density at radius 3 is 2.61 bits per heavy atom. The van der Waals surface area contributed by atoms with E-state index in [0.29, 0.717) is 24.5 Å². The maximum Gasteiger partial charge on any atom is 0.325 e. The molecule has 1 spiro atoms. The van der Waals surface area contributed by atoms with Crippen LogP contribution in [0.2, 0.25) is 0 Å². The maximum atomic E-state index is 12.8. The van der Waals surface area contributed by atoms with Gasteiger partial charge in [0.1, 0.15) is 11.4 Å². The highest BCUT2D eigenvalue weighted by molar-refractivity contribution is 6.07. The molecule has 2 aliphatic rings. The molecule has 2 aromatic heterocycles. The highest BCUT2D eigenvalue weighted by Crippen LogP contribution is 2.35. The molecule has 31 heavy (non-hydrogen) atoms. The van der Waals surface area contributed by atoms with Crippen molar-refractivity contribution in [3.05, 3.63) is 36.2 Å². The average molecular weight is 425 g/mol. The van der Waals surface area contributed by atoms with Crippen LogP contribution in [0.25, 0.3) is 5.82 Å². The fraction of sp³-hybridized carbons (Fsp3) is 0.500. The van der Waals surface area contributed by atoms with Gasteiger partial charge in [-0.3, -0.25) is 14.5 Å². The molecule has 0 unspecified atom stereocenters. The molecule has 4 amide bonds. The van der Waals surface area contributed by atoms with Crippen LogP contribution in [0.4, 0.5) is 10.6 Å². The summed E-state index contributed by atoms with van der Waals surface area (Å²) in [6, 6.07) is 6.89. The predicted octanol–water partition coefficient (Wildman–Crippen LogP) is 2.76. The first-order valence-electron chi connectivity index (χ1n) is 10.7. The van der Waals surface area contributed by atoms with Crippen LogP contribution in [0.5, 0.6) is 0 Å². The molecule has 2 fully saturated rings. The molecule has 1 saturated heterocycles. The van der Waals surface area contributed by atoms with Crippen molar-refractivity contribution in [2.45, 2.75) is 63.8 Å². The molecule has 4 rings (SSSR count). The minimum absolute atomic E-state index is 0.00743. The summed E-state index contributed by atoms with van der Waals surface area (Å²) < 4.78 is 1.60. The molecule has 1 aliphatic heterocycles. The zero-order chi connectivity index (χ0) is 22.2. The Morgan fingerprint density at radius 2 is 1.97 bits per heavy atom. The quantitative estimate of drug-likeness (QED) is 0.718. The summed E-state index contributed by atoms with van der Waals surface area (Å²) in [4.78, 5) is 43.3. The van der Waals surface area contributed by atoms with Gasteiger partial charge in [-0.25, -0.2) is 9.78 Å². The summed E-state index contributed by atoms with van der Waals surface area (Å²) in [5.74, 6) is 0.575. The van der Waals surface area contributed by atoms with Crippen molar-refractivity contribution in [3.63, 3.8) is 0 Å². The normalized spacial score (nSPS) is 18.0. The number of aromatic nitrogens is 3. The first-order valence-corrected chi connectivity index (χ1v) is 10.7. The third-order valence-electron chi connectivity index (χ3n) is 5.88. The van der Waals surface area contributed by atoms with E-state index in [1.807, 2.05) is 45.0 Å². The summed E-state index contributed by atoms with van der Waals surface area (Å²) in [5, 5.41) is 10.3. The van der Waals surface area contributed by atoms with E-state index in [0.717, 1.165) is 18.5 Å². The van der Waals surface area contributed by atoms with Crippen molar-refractivity contribution in [1.29, 1.82) is 0 Å². The van der Waals surface area contributed by atoms with Crippen molar-refractivity contribution in [2.24, 2.45) is 0 Å². The molecule has 164 valence electrons. The fourth-order valence-electron chi connectivity index (χ4n) is 4.11. The van der Waals surface area contributed by atoms with E-state index in [-0.39, 0.29) is 30.2 Å². The molecule has 1 saturated carbocycles. The molecule has 0 bridgehead atoms. The van der Waals surface area contributed by atoms with E-state index < -0.39 is 11.6 Å². The molecular weight excluding hydrogens is 396 g/mol. The molecule has 9 heteroatoms. The lowest BCUT2D eigenvalue weighted by atomic mass is 9.92. The minimum atomic E-state index is -0.757. The van der Waals surface area contributed by atoms with Crippen molar-refractivity contribution in [2.75, 3.05) is 11.9 Å². The van der Waals surface area contributed by atoms with Crippen molar-refractivity contribution in [3.8, 4) is 5.82 Å².